The van der Waals surface area contributed by atoms with Gasteiger partial charge in [-0.2, -0.15) is 18.3 Å². The Morgan fingerprint density at radius 1 is 1.03 bits per heavy atom. The van der Waals surface area contributed by atoms with E-state index >= 15 is 0 Å². The Bertz CT molecular complexity index is 1430. The molecule has 2 aromatic heterocycles. The van der Waals surface area contributed by atoms with Crippen molar-refractivity contribution in [3.05, 3.63) is 82.6 Å². The van der Waals surface area contributed by atoms with Crippen LogP contribution in [0.2, 0.25) is 5.02 Å². The summed E-state index contributed by atoms with van der Waals surface area (Å²) in [4.78, 5) is 21.3. The normalized spacial score (nSPS) is 14.8. The third-order valence-electron chi connectivity index (χ3n) is 6.28. The summed E-state index contributed by atoms with van der Waals surface area (Å²) in [5.74, 6) is 0.151. The molecule has 11 heteroatoms. The predicted molar refractivity (Wildman–Crippen MR) is 133 cm³/mol. The number of rotatable bonds is 5. The maximum atomic E-state index is 13.9. The quantitative estimate of drug-likeness (QED) is 0.363. The zero-order chi connectivity index (χ0) is 26.2. The van der Waals surface area contributed by atoms with Crippen LogP contribution < -0.4 is 4.74 Å². The molecular weight excluding hydrogens is 507 g/mol. The number of nitrogens with zero attached hydrogens (tertiary/aromatic N) is 5. The SMILES string of the molecule is COc1ccc(-c2cc(C(F)(F)F)n3nc(C(=O)N4CCN(Cc5cccc(Cl)c5)CC4)cc3n2)cc1. The van der Waals surface area contributed by atoms with Gasteiger partial charge in [0.25, 0.3) is 5.91 Å². The van der Waals surface area contributed by atoms with Gasteiger partial charge in [0.15, 0.2) is 17.0 Å². The van der Waals surface area contributed by atoms with Crippen molar-refractivity contribution in [1.29, 1.82) is 0 Å². The Balaban J connectivity index is 1.37. The van der Waals surface area contributed by atoms with Crippen LogP contribution in [0.4, 0.5) is 13.2 Å². The Labute approximate surface area is 216 Å². The van der Waals surface area contributed by atoms with Crippen molar-refractivity contribution in [3.63, 3.8) is 0 Å². The molecule has 0 N–H and O–H groups in total. The molecule has 37 heavy (non-hydrogen) atoms. The molecule has 0 spiro atoms. The van der Waals surface area contributed by atoms with Crippen LogP contribution in [-0.2, 0) is 12.7 Å². The first-order valence-electron chi connectivity index (χ1n) is 11.6. The van der Waals surface area contributed by atoms with Gasteiger partial charge in [-0.15, -0.1) is 0 Å². The topological polar surface area (TPSA) is 63.0 Å². The summed E-state index contributed by atoms with van der Waals surface area (Å²) in [6, 6.07) is 16.4. The van der Waals surface area contributed by atoms with Gasteiger partial charge in [-0.3, -0.25) is 9.69 Å². The molecule has 0 atom stereocenters. The van der Waals surface area contributed by atoms with Crippen LogP contribution in [0.15, 0.2) is 60.7 Å². The maximum Gasteiger partial charge on any atom is 0.433 e. The molecule has 1 aliphatic rings. The average Bonchev–Trinajstić information content (AvgIpc) is 3.32. The van der Waals surface area contributed by atoms with Crippen LogP contribution in [0.5, 0.6) is 5.75 Å². The molecule has 3 heterocycles. The number of carbonyl (C=O) groups excluding carboxylic acids is 1. The second-order valence-electron chi connectivity index (χ2n) is 8.75. The lowest BCUT2D eigenvalue weighted by atomic mass is 10.1. The standard InChI is InChI=1S/C26H23ClF3N5O2/c1-37-20-7-5-18(6-8-20)21-14-23(26(28,29)30)35-24(31-21)15-22(32-35)25(36)34-11-9-33(10-12-34)16-17-3-2-4-19(27)13-17/h2-8,13-15H,9-12,16H2,1H3. The third kappa shape index (κ3) is 5.40. The number of aromatic nitrogens is 3. The van der Waals surface area contributed by atoms with Gasteiger partial charge >= 0.3 is 6.18 Å². The lowest BCUT2D eigenvalue weighted by molar-refractivity contribution is -0.142. The molecule has 1 fully saturated rings. The van der Waals surface area contributed by atoms with E-state index in [4.69, 9.17) is 16.3 Å². The van der Waals surface area contributed by atoms with Crippen LogP contribution in [-0.4, -0.2) is 63.6 Å². The van der Waals surface area contributed by atoms with Gasteiger partial charge in [0, 0.05) is 49.4 Å². The summed E-state index contributed by atoms with van der Waals surface area (Å²) < 4.78 is 47.6. The van der Waals surface area contributed by atoms with E-state index in [0.29, 0.717) is 53.6 Å². The zero-order valence-corrected chi connectivity index (χ0v) is 20.6. The molecule has 2 aromatic carbocycles. The smallest absolute Gasteiger partial charge is 0.433 e. The highest BCUT2D eigenvalue weighted by molar-refractivity contribution is 6.30. The molecule has 192 valence electrons. The lowest BCUT2D eigenvalue weighted by Crippen LogP contribution is -2.48. The molecule has 0 saturated carbocycles. The van der Waals surface area contributed by atoms with Gasteiger partial charge in [0.05, 0.1) is 12.8 Å². The molecule has 0 radical (unpaired) electrons. The first-order valence-corrected chi connectivity index (χ1v) is 12.0. The van der Waals surface area contributed by atoms with Crippen LogP contribution in [0.25, 0.3) is 16.9 Å². The number of amides is 1. The number of methoxy groups -OCH3 is 1. The molecule has 0 aliphatic carbocycles. The molecular formula is C26H23ClF3N5O2. The van der Waals surface area contributed by atoms with Crippen molar-refractivity contribution in [2.45, 2.75) is 12.7 Å². The first kappa shape index (κ1) is 25.0. The molecule has 1 aliphatic heterocycles. The van der Waals surface area contributed by atoms with Crippen LogP contribution >= 0.6 is 11.6 Å². The minimum atomic E-state index is -4.69. The number of hydrogen-bond donors (Lipinski definition) is 0. The third-order valence-corrected chi connectivity index (χ3v) is 6.51. The van der Waals surface area contributed by atoms with Crippen molar-refractivity contribution in [2.24, 2.45) is 0 Å². The number of piperazine rings is 1. The highest BCUT2D eigenvalue weighted by Crippen LogP contribution is 2.33. The summed E-state index contributed by atoms with van der Waals surface area (Å²) in [7, 11) is 1.51. The predicted octanol–water partition coefficient (Wildman–Crippen LogP) is 5.04. The van der Waals surface area contributed by atoms with Gasteiger partial charge in [0.2, 0.25) is 0 Å². The summed E-state index contributed by atoms with van der Waals surface area (Å²) in [5, 5.41) is 4.67. The van der Waals surface area contributed by atoms with E-state index in [0.717, 1.165) is 11.6 Å². The van der Waals surface area contributed by atoms with Gasteiger partial charge in [-0.05, 0) is 48.0 Å². The van der Waals surface area contributed by atoms with Gasteiger partial charge < -0.3 is 9.64 Å². The van der Waals surface area contributed by atoms with Gasteiger partial charge in [-0.1, -0.05) is 23.7 Å². The van der Waals surface area contributed by atoms with Crippen molar-refractivity contribution in [3.8, 4) is 17.0 Å². The Morgan fingerprint density at radius 2 is 1.76 bits per heavy atom. The van der Waals surface area contributed by atoms with Crippen molar-refractivity contribution in [1.82, 2.24) is 24.4 Å². The fraction of sp³-hybridized carbons (Fsp3) is 0.269. The number of halogens is 4. The number of alkyl halides is 3. The summed E-state index contributed by atoms with van der Waals surface area (Å²) in [5.41, 5.74) is 0.547. The zero-order valence-electron chi connectivity index (χ0n) is 19.9. The Hall–Kier alpha value is -3.63. The van der Waals surface area contributed by atoms with Crippen LogP contribution in [0.1, 0.15) is 21.7 Å². The number of benzene rings is 2. The lowest BCUT2D eigenvalue weighted by Gasteiger charge is -2.34. The summed E-state index contributed by atoms with van der Waals surface area (Å²) >= 11 is 6.06. The molecule has 4 aromatic rings. The van der Waals surface area contributed by atoms with E-state index in [9.17, 15) is 18.0 Å². The van der Waals surface area contributed by atoms with E-state index < -0.39 is 17.8 Å². The van der Waals surface area contributed by atoms with Crippen LogP contribution in [0.3, 0.4) is 0 Å². The van der Waals surface area contributed by atoms with E-state index in [1.807, 2.05) is 24.3 Å². The highest BCUT2D eigenvalue weighted by Gasteiger charge is 2.36. The second kappa shape index (κ2) is 10.0. The van der Waals surface area contributed by atoms with E-state index in [1.54, 1.807) is 29.2 Å². The monoisotopic (exact) mass is 529 g/mol. The van der Waals surface area contributed by atoms with Crippen molar-refractivity contribution >= 4 is 23.2 Å². The maximum absolute atomic E-state index is 13.9. The van der Waals surface area contributed by atoms with Gasteiger partial charge in [-0.25, -0.2) is 9.50 Å². The highest BCUT2D eigenvalue weighted by atomic mass is 35.5. The van der Waals surface area contributed by atoms with Gasteiger partial charge in [0.1, 0.15) is 5.75 Å². The van der Waals surface area contributed by atoms with E-state index in [1.165, 1.54) is 13.2 Å². The Morgan fingerprint density at radius 3 is 2.41 bits per heavy atom. The fourth-order valence-corrected chi connectivity index (χ4v) is 4.57. The minimum absolute atomic E-state index is 0.0522. The van der Waals surface area contributed by atoms with Crippen LogP contribution in [0, 0.1) is 0 Å². The molecule has 7 nitrogen and oxygen atoms in total. The largest absolute Gasteiger partial charge is 0.497 e. The molecule has 1 saturated heterocycles. The fourth-order valence-electron chi connectivity index (χ4n) is 4.36. The average molecular weight is 530 g/mol. The Kier molecular flexibility index (Phi) is 6.78. The minimum Gasteiger partial charge on any atom is -0.497 e. The summed E-state index contributed by atoms with van der Waals surface area (Å²) in [6.45, 7) is 2.82. The second-order valence-corrected chi connectivity index (χ2v) is 9.19. The number of hydrogen-bond acceptors (Lipinski definition) is 5. The number of carbonyl (C=O) groups is 1. The summed E-state index contributed by atoms with van der Waals surface area (Å²) in [6.07, 6.45) is -4.69. The first-order chi connectivity index (χ1) is 17.7. The number of ether oxygens (including phenoxy) is 1. The molecule has 0 unspecified atom stereocenters. The van der Waals surface area contributed by atoms with E-state index in [2.05, 4.69) is 15.0 Å². The van der Waals surface area contributed by atoms with Crippen molar-refractivity contribution < 1.29 is 22.7 Å². The molecule has 0 bridgehead atoms. The molecule has 5 rings (SSSR count). The van der Waals surface area contributed by atoms with Crippen molar-refractivity contribution in [2.75, 3.05) is 33.3 Å². The number of fused-ring (bicyclic) bond motifs is 1. The van der Waals surface area contributed by atoms with E-state index in [-0.39, 0.29) is 17.0 Å². The molecule has 1 amide bonds.